The highest BCUT2D eigenvalue weighted by molar-refractivity contribution is 5.99. The molecule has 1 saturated heterocycles. The summed E-state index contributed by atoms with van der Waals surface area (Å²) in [5.74, 6) is -0.680. The van der Waals surface area contributed by atoms with Crippen LogP contribution in [-0.4, -0.2) is 78.8 Å². The number of hydrogen-bond donors (Lipinski definition) is 3. The van der Waals surface area contributed by atoms with Gasteiger partial charge in [0, 0.05) is 57.1 Å². The number of rotatable bonds is 7. The van der Waals surface area contributed by atoms with Crippen molar-refractivity contribution in [2.24, 2.45) is 4.99 Å². The molecule has 2 aliphatic heterocycles. The van der Waals surface area contributed by atoms with E-state index in [2.05, 4.69) is 50.4 Å². The van der Waals surface area contributed by atoms with Crippen LogP contribution in [-0.2, 0) is 9.59 Å². The maximum atomic E-state index is 9.55. The third kappa shape index (κ3) is 8.25. The van der Waals surface area contributed by atoms with E-state index in [1.807, 2.05) is 24.3 Å². The summed E-state index contributed by atoms with van der Waals surface area (Å²) in [5.41, 5.74) is 2.34. The summed E-state index contributed by atoms with van der Waals surface area (Å²) in [4.78, 5) is 28.8. The standard InChI is InChI=1S/C21H26N4O.C4H4O4/c1-2-7-18(8-3-1)25-15-13-24(14-16-25)12-6-11-22-21-17-26-20-10-5-4-9-19(20)23-21;5-3(6)1-2-4(7)8/h1-5,7-10H,6,11-17H2,(H,22,23);1-2H,(H,5,6)(H,7,8)/b;2-1+. The van der Waals surface area contributed by atoms with Crippen LogP contribution in [0.5, 0.6) is 5.75 Å². The van der Waals surface area contributed by atoms with Crippen molar-refractivity contribution < 1.29 is 24.5 Å². The van der Waals surface area contributed by atoms with Crippen LogP contribution >= 0.6 is 0 Å². The average Bonchev–Trinajstić information content (AvgIpc) is 2.86. The Kier molecular flexibility index (Phi) is 9.48. The van der Waals surface area contributed by atoms with Gasteiger partial charge in [0.1, 0.15) is 18.2 Å². The molecule has 0 amide bonds. The molecule has 3 N–H and O–H groups in total. The summed E-state index contributed by atoms with van der Waals surface area (Å²) in [5, 5.41) is 19.0. The number of fused-ring (bicyclic) bond motifs is 1. The van der Waals surface area contributed by atoms with Crippen molar-refractivity contribution in [3.63, 3.8) is 0 Å². The Labute approximate surface area is 199 Å². The first kappa shape index (κ1) is 24.8. The number of para-hydroxylation sites is 3. The quantitative estimate of drug-likeness (QED) is 0.422. The number of amidine groups is 1. The highest BCUT2D eigenvalue weighted by Gasteiger charge is 2.17. The third-order valence-corrected chi connectivity index (χ3v) is 5.33. The molecule has 0 unspecified atom stereocenters. The molecular formula is C25H30N4O5. The van der Waals surface area contributed by atoms with Crippen molar-refractivity contribution in [1.82, 2.24) is 4.90 Å². The smallest absolute Gasteiger partial charge is 0.328 e. The molecule has 9 nitrogen and oxygen atoms in total. The molecule has 34 heavy (non-hydrogen) atoms. The molecule has 0 aliphatic carbocycles. The number of piperazine rings is 1. The van der Waals surface area contributed by atoms with E-state index >= 15 is 0 Å². The molecule has 0 spiro atoms. The summed E-state index contributed by atoms with van der Waals surface area (Å²) in [6.45, 7) is 6.94. The maximum Gasteiger partial charge on any atom is 0.328 e. The number of carboxylic acids is 2. The van der Waals surface area contributed by atoms with E-state index in [-0.39, 0.29) is 0 Å². The van der Waals surface area contributed by atoms with Crippen molar-refractivity contribution in [2.45, 2.75) is 6.42 Å². The molecule has 0 radical (unpaired) electrons. The number of aliphatic carboxylic acids is 2. The van der Waals surface area contributed by atoms with Gasteiger partial charge in [-0.3, -0.25) is 9.89 Å². The topological polar surface area (TPSA) is 115 Å². The number of carbonyl (C=O) groups is 2. The van der Waals surface area contributed by atoms with Crippen LogP contribution < -0.4 is 15.0 Å². The van der Waals surface area contributed by atoms with E-state index in [0.29, 0.717) is 18.8 Å². The van der Waals surface area contributed by atoms with Crippen LogP contribution in [0.4, 0.5) is 11.4 Å². The van der Waals surface area contributed by atoms with Gasteiger partial charge in [0.05, 0.1) is 5.69 Å². The highest BCUT2D eigenvalue weighted by atomic mass is 16.5. The molecule has 0 aromatic heterocycles. The molecule has 0 bridgehead atoms. The van der Waals surface area contributed by atoms with Gasteiger partial charge in [-0.25, -0.2) is 9.59 Å². The molecular weight excluding hydrogens is 436 g/mol. The van der Waals surface area contributed by atoms with E-state index in [1.165, 1.54) is 5.69 Å². The van der Waals surface area contributed by atoms with Crippen molar-refractivity contribution in [3.8, 4) is 5.75 Å². The van der Waals surface area contributed by atoms with E-state index in [9.17, 15) is 9.59 Å². The fourth-order valence-corrected chi connectivity index (χ4v) is 3.64. The number of aliphatic imine (C=N–C) groups is 1. The fourth-order valence-electron chi connectivity index (χ4n) is 3.64. The van der Waals surface area contributed by atoms with Gasteiger partial charge in [-0.15, -0.1) is 0 Å². The SMILES string of the molecule is O=C(O)/C=C/C(=O)O.c1ccc(N2CCN(CCCN=C3COc4ccccc4N3)CC2)cc1. The van der Waals surface area contributed by atoms with Crippen LogP contribution in [0, 0.1) is 0 Å². The molecule has 180 valence electrons. The zero-order valence-electron chi connectivity index (χ0n) is 19.0. The minimum atomic E-state index is -1.26. The van der Waals surface area contributed by atoms with Crippen molar-refractivity contribution in [1.29, 1.82) is 0 Å². The lowest BCUT2D eigenvalue weighted by molar-refractivity contribution is -0.134. The van der Waals surface area contributed by atoms with E-state index < -0.39 is 11.9 Å². The molecule has 2 heterocycles. The van der Waals surface area contributed by atoms with E-state index in [1.54, 1.807) is 0 Å². The normalized spacial score (nSPS) is 16.7. The van der Waals surface area contributed by atoms with Crippen LogP contribution in [0.25, 0.3) is 0 Å². The Bertz CT molecular complexity index is 985. The number of nitrogens with one attached hydrogen (secondary N) is 1. The molecule has 1 fully saturated rings. The van der Waals surface area contributed by atoms with Gasteiger partial charge in [-0.05, 0) is 30.7 Å². The van der Waals surface area contributed by atoms with Gasteiger partial charge >= 0.3 is 11.9 Å². The number of carboxylic acid groups (broad SMARTS) is 2. The maximum absolute atomic E-state index is 9.55. The molecule has 4 rings (SSSR count). The molecule has 2 aliphatic rings. The largest absolute Gasteiger partial charge is 0.484 e. The molecule has 9 heteroatoms. The zero-order chi connectivity index (χ0) is 24.2. The first-order valence-electron chi connectivity index (χ1n) is 11.2. The highest BCUT2D eigenvalue weighted by Crippen LogP contribution is 2.26. The Morgan fingerprint density at radius 1 is 0.941 bits per heavy atom. The molecule has 0 saturated carbocycles. The van der Waals surface area contributed by atoms with Crippen molar-refractivity contribution in [3.05, 3.63) is 66.7 Å². The second-order valence-electron chi connectivity index (χ2n) is 7.77. The minimum Gasteiger partial charge on any atom is -0.484 e. The second kappa shape index (κ2) is 13.0. The van der Waals surface area contributed by atoms with Crippen LogP contribution in [0.15, 0.2) is 71.7 Å². The summed E-state index contributed by atoms with van der Waals surface area (Å²) >= 11 is 0. The Morgan fingerprint density at radius 3 is 2.26 bits per heavy atom. The van der Waals surface area contributed by atoms with Gasteiger partial charge in [0.15, 0.2) is 0 Å². The lowest BCUT2D eigenvalue weighted by Gasteiger charge is -2.36. The van der Waals surface area contributed by atoms with Gasteiger partial charge in [-0.1, -0.05) is 30.3 Å². The van der Waals surface area contributed by atoms with Gasteiger partial charge < -0.3 is 25.2 Å². The van der Waals surface area contributed by atoms with Crippen LogP contribution in [0.2, 0.25) is 0 Å². The summed E-state index contributed by atoms with van der Waals surface area (Å²) in [6, 6.07) is 18.7. The van der Waals surface area contributed by atoms with Crippen molar-refractivity contribution in [2.75, 3.05) is 56.1 Å². The van der Waals surface area contributed by atoms with Crippen LogP contribution in [0.3, 0.4) is 0 Å². The predicted octanol–water partition coefficient (Wildman–Crippen LogP) is 2.81. The number of anilines is 2. The Hall–Kier alpha value is -3.85. The predicted molar refractivity (Wildman–Crippen MR) is 132 cm³/mol. The molecule has 0 atom stereocenters. The Balaban J connectivity index is 0.000000350. The summed E-state index contributed by atoms with van der Waals surface area (Å²) in [7, 11) is 0. The van der Waals surface area contributed by atoms with Gasteiger partial charge in [0.25, 0.3) is 0 Å². The van der Waals surface area contributed by atoms with Gasteiger partial charge in [0.2, 0.25) is 0 Å². The monoisotopic (exact) mass is 466 g/mol. The number of hydrogen-bond acceptors (Lipinski definition) is 6. The lowest BCUT2D eigenvalue weighted by Crippen LogP contribution is -2.46. The van der Waals surface area contributed by atoms with E-state index in [4.69, 9.17) is 14.9 Å². The third-order valence-electron chi connectivity index (χ3n) is 5.33. The number of benzene rings is 2. The molecule has 2 aromatic rings. The van der Waals surface area contributed by atoms with Crippen LogP contribution in [0.1, 0.15) is 6.42 Å². The number of ether oxygens (including phenoxy) is 1. The minimum absolute atomic E-state index is 0.534. The molecule has 2 aromatic carbocycles. The first-order valence-corrected chi connectivity index (χ1v) is 11.2. The first-order chi connectivity index (χ1) is 16.5. The van der Waals surface area contributed by atoms with Gasteiger partial charge in [-0.2, -0.15) is 0 Å². The van der Waals surface area contributed by atoms with E-state index in [0.717, 1.165) is 63.0 Å². The summed E-state index contributed by atoms with van der Waals surface area (Å²) in [6.07, 6.45) is 2.20. The van der Waals surface area contributed by atoms with Crippen molar-refractivity contribution >= 4 is 29.1 Å². The Morgan fingerprint density at radius 2 is 1.59 bits per heavy atom. The number of nitrogens with zero attached hydrogens (tertiary/aromatic N) is 3. The lowest BCUT2D eigenvalue weighted by atomic mass is 10.2. The second-order valence-corrected chi connectivity index (χ2v) is 7.77. The summed E-state index contributed by atoms with van der Waals surface area (Å²) < 4.78 is 5.73. The average molecular weight is 467 g/mol. The zero-order valence-corrected chi connectivity index (χ0v) is 19.0. The fraction of sp³-hybridized carbons (Fsp3) is 0.320.